The van der Waals surface area contributed by atoms with E-state index in [-0.39, 0.29) is 10.6 Å². The zero-order valence-electron chi connectivity index (χ0n) is 9.02. The number of hydrogen-bond acceptors (Lipinski definition) is 4. The summed E-state index contributed by atoms with van der Waals surface area (Å²) in [7, 11) is 1.84. The molecule has 1 rings (SSSR count). The number of nitro benzene ring substituents is 1. The van der Waals surface area contributed by atoms with Crippen LogP contribution in [0.2, 0.25) is 0 Å². The van der Waals surface area contributed by atoms with E-state index in [1.54, 1.807) is 12.1 Å². The Morgan fingerprint density at radius 3 is 2.81 bits per heavy atom. The Balaban J connectivity index is 2.98. The second-order valence-electron chi connectivity index (χ2n) is 3.45. The third kappa shape index (κ3) is 3.31. The van der Waals surface area contributed by atoms with Gasteiger partial charge in [-0.25, -0.2) is 0 Å². The van der Waals surface area contributed by atoms with Crippen molar-refractivity contribution >= 4 is 34.0 Å². The van der Waals surface area contributed by atoms with E-state index in [1.165, 1.54) is 0 Å². The molecule has 1 aromatic carbocycles. The monoisotopic (exact) mass is 335 g/mol. The fraction of sp³-hybridized carbons (Fsp3) is 0.400. The largest absolute Gasteiger partial charge is 0.369 e. The van der Waals surface area contributed by atoms with Gasteiger partial charge in [-0.2, -0.15) is 0 Å². The van der Waals surface area contributed by atoms with Gasteiger partial charge in [0.2, 0.25) is 0 Å². The van der Waals surface area contributed by atoms with E-state index in [4.69, 9.17) is 5.73 Å². The Kier molecular flexibility index (Phi) is 4.94. The third-order valence-electron chi connectivity index (χ3n) is 2.24. The summed E-state index contributed by atoms with van der Waals surface area (Å²) in [5, 5.41) is 10.9. The first-order valence-corrected chi connectivity index (χ1v) is 5.99. The summed E-state index contributed by atoms with van der Waals surface area (Å²) in [5.41, 5.74) is 6.20. The Morgan fingerprint density at radius 1 is 1.56 bits per heavy atom. The molecule has 5 nitrogen and oxygen atoms in total. The van der Waals surface area contributed by atoms with Crippen LogP contribution in [0.5, 0.6) is 0 Å². The van der Waals surface area contributed by atoms with Crippen molar-refractivity contribution in [2.45, 2.75) is 6.42 Å². The molecule has 16 heavy (non-hydrogen) atoms. The van der Waals surface area contributed by atoms with Gasteiger partial charge in [-0.05, 0) is 47.7 Å². The molecule has 0 spiro atoms. The molecule has 0 radical (unpaired) electrons. The molecular weight excluding hydrogens is 321 g/mol. The maximum absolute atomic E-state index is 10.9. The average Bonchev–Trinajstić information content (AvgIpc) is 2.25. The molecule has 0 bridgehead atoms. The van der Waals surface area contributed by atoms with Crippen LogP contribution in [0, 0.1) is 13.7 Å². The van der Waals surface area contributed by atoms with E-state index >= 15 is 0 Å². The van der Waals surface area contributed by atoms with Gasteiger partial charge in [0.15, 0.2) is 0 Å². The Morgan fingerprint density at radius 2 is 2.25 bits per heavy atom. The Bertz CT molecular complexity index is 384. The minimum absolute atomic E-state index is 0.145. The first-order valence-electron chi connectivity index (χ1n) is 4.91. The van der Waals surface area contributed by atoms with Gasteiger partial charge < -0.3 is 10.6 Å². The van der Waals surface area contributed by atoms with Crippen LogP contribution < -0.4 is 10.6 Å². The van der Waals surface area contributed by atoms with Crippen LogP contribution in [-0.4, -0.2) is 25.1 Å². The fourth-order valence-corrected chi connectivity index (χ4v) is 1.89. The van der Waals surface area contributed by atoms with Crippen molar-refractivity contribution in [2.75, 3.05) is 25.0 Å². The number of rotatable bonds is 5. The lowest BCUT2D eigenvalue weighted by atomic mass is 10.2. The summed E-state index contributed by atoms with van der Waals surface area (Å²) in [6.07, 6.45) is 0.819. The molecule has 0 heterocycles. The van der Waals surface area contributed by atoms with E-state index in [9.17, 15) is 10.1 Å². The van der Waals surface area contributed by atoms with Gasteiger partial charge in [-0.3, -0.25) is 10.1 Å². The van der Waals surface area contributed by atoms with Gasteiger partial charge in [-0.15, -0.1) is 0 Å². The van der Waals surface area contributed by atoms with Crippen molar-refractivity contribution in [3.63, 3.8) is 0 Å². The van der Waals surface area contributed by atoms with Crippen molar-refractivity contribution in [3.05, 3.63) is 31.9 Å². The molecule has 1 aromatic rings. The van der Waals surface area contributed by atoms with Crippen molar-refractivity contribution in [2.24, 2.45) is 5.73 Å². The molecule has 88 valence electrons. The van der Waals surface area contributed by atoms with Gasteiger partial charge in [0, 0.05) is 23.2 Å². The average molecular weight is 335 g/mol. The molecule has 0 fully saturated rings. The van der Waals surface area contributed by atoms with Crippen molar-refractivity contribution < 1.29 is 4.92 Å². The summed E-state index contributed by atoms with van der Waals surface area (Å²) in [4.78, 5) is 12.4. The third-order valence-corrected chi connectivity index (χ3v) is 2.91. The molecule has 0 amide bonds. The number of halogens is 1. The normalized spacial score (nSPS) is 10.2. The number of hydrogen-bond donors (Lipinski definition) is 1. The Hall–Kier alpha value is -0.890. The highest BCUT2D eigenvalue weighted by atomic mass is 127. The van der Waals surface area contributed by atoms with Crippen LogP contribution in [0.15, 0.2) is 18.2 Å². The van der Waals surface area contributed by atoms with Crippen molar-refractivity contribution in [1.82, 2.24) is 0 Å². The van der Waals surface area contributed by atoms with Gasteiger partial charge in [0.25, 0.3) is 5.69 Å². The molecule has 0 unspecified atom stereocenters. The predicted molar refractivity (Wildman–Crippen MR) is 72.8 cm³/mol. The van der Waals surface area contributed by atoms with Gasteiger partial charge in [-0.1, -0.05) is 0 Å². The number of nitrogens with zero attached hydrogens (tertiary/aromatic N) is 2. The molecule has 0 saturated carbocycles. The maximum atomic E-state index is 10.9. The lowest BCUT2D eigenvalue weighted by Gasteiger charge is -2.18. The Labute approximate surface area is 108 Å². The van der Waals surface area contributed by atoms with Crippen LogP contribution in [0.4, 0.5) is 11.4 Å². The SMILES string of the molecule is CN(CCCN)c1ccc(I)cc1[N+](=O)[O-]. The van der Waals surface area contributed by atoms with E-state index in [0.29, 0.717) is 12.2 Å². The molecule has 2 N–H and O–H groups in total. The van der Waals surface area contributed by atoms with Gasteiger partial charge in [0.05, 0.1) is 4.92 Å². The highest BCUT2D eigenvalue weighted by Crippen LogP contribution is 2.28. The number of anilines is 1. The molecule has 0 aliphatic carbocycles. The minimum atomic E-state index is -0.351. The fourth-order valence-electron chi connectivity index (χ4n) is 1.41. The van der Waals surface area contributed by atoms with E-state index < -0.39 is 0 Å². The number of benzene rings is 1. The molecular formula is C10H14IN3O2. The van der Waals surface area contributed by atoms with Gasteiger partial charge in [0.1, 0.15) is 5.69 Å². The van der Waals surface area contributed by atoms with Crippen LogP contribution in [-0.2, 0) is 0 Å². The molecule has 0 aliphatic rings. The van der Waals surface area contributed by atoms with Crippen LogP contribution in [0.3, 0.4) is 0 Å². The van der Waals surface area contributed by atoms with Crippen molar-refractivity contribution in [1.29, 1.82) is 0 Å². The highest BCUT2D eigenvalue weighted by Gasteiger charge is 2.16. The smallest absolute Gasteiger partial charge is 0.293 e. The molecule has 6 heteroatoms. The summed E-state index contributed by atoms with van der Waals surface area (Å²) < 4.78 is 0.861. The van der Waals surface area contributed by atoms with E-state index in [2.05, 4.69) is 22.6 Å². The predicted octanol–water partition coefficient (Wildman–Crippen LogP) is 1.98. The zero-order valence-corrected chi connectivity index (χ0v) is 11.2. The molecule has 0 saturated heterocycles. The molecule has 0 aliphatic heterocycles. The lowest BCUT2D eigenvalue weighted by molar-refractivity contribution is -0.384. The van der Waals surface area contributed by atoms with Crippen LogP contribution in [0.25, 0.3) is 0 Å². The summed E-state index contributed by atoms with van der Waals surface area (Å²) >= 11 is 2.06. The van der Waals surface area contributed by atoms with E-state index in [0.717, 1.165) is 16.5 Å². The van der Waals surface area contributed by atoms with Crippen LogP contribution in [0.1, 0.15) is 6.42 Å². The second-order valence-corrected chi connectivity index (χ2v) is 4.70. The topological polar surface area (TPSA) is 72.4 Å². The summed E-state index contributed by atoms with van der Waals surface area (Å²) in [6, 6.07) is 5.22. The molecule has 0 aromatic heterocycles. The first kappa shape index (κ1) is 13.2. The van der Waals surface area contributed by atoms with Crippen LogP contribution >= 0.6 is 22.6 Å². The van der Waals surface area contributed by atoms with E-state index in [1.807, 2.05) is 18.0 Å². The minimum Gasteiger partial charge on any atom is -0.369 e. The zero-order chi connectivity index (χ0) is 12.1. The second kappa shape index (κ2) is 6.00. The lowest BCUT2D eigenvalue weighted by Crippen LogP contribution is -2.21. The quantitative estimate of drug-likeness (QED) is 0.507. The first-order chi connectivity index (χ1) is 7.56. The standard InChI is InChI=1S/C10H14IN3O2/c1-13(6-2-5-12)9-4-3-8(11)7-10(9)14(15)16/h3-4,7H,2,5-6,12H2,1H3. The molecule has 0 atom stereocenters. The number of nitrogens with two attached hydrogens (primary N) is 1. The highest BCUT2D eigenvalue weighted by molar-refractivity contribution is 14.1. The summed E-state index contributed by atoms with van der Waals surface area (Å²) in [5.74, 6) is 0. The summed E-state index contributed by atoms with van der Waals surface area (Å²) in [6.45, 7) is 1.31. The maximum Gasteiger partial charge on any atom is 0.293 e. The van der Waals surface area contributed by atoms with Crippen molar-refractivity contribution in [3.8, 4) is 0 Å². The number of nitro groups is 1. The van der Waals surface area contributed by atoms with Gasteiger partial charge >= 0.3 is 0 Å².